The van der Waals surface area contributed by atoms with E-state index in [2.05, 4.69) is 47.9 Å². The number of nitrogens with one attached hydrogen (secondary N) is 9. The number of esters is 1. The van der Waals surface area contributed by atoms with Crippen LogP contribution in [0.1, 0.15) is 114 Å². The van der Waals surface area contributed by atoms with E-state index >= 15 is 19.2 Å². The van der Waals surface area contributed by atoms with Gasteiger partial charge in [0.2, 0.25) is 65.0 Å². The summed E-state index contributed by atoms with van der Waals surface area (Å²) in [5.74, 6) is -18.1. The Balaban J connectivity index is 2.19. The number of hydrogen-bond donors (Lipinski definition) is 14. The van der Waals surface area contributed by atoms with Crippen molar-refractivity contribution in [2.45, 2.75) is 187 Å². The van der Waals surface area contributed by atoms with Crippen LogP contribution in [0.4, 0.5) is 0 Å². The van der Waals surface area contributed by atoms with Crippen LogP contribution < -0.4 is 59.3 Å². The molecule has 18 atom stereocenters. The Kier molecular flexibility index (Phi) is 34.1. The van der Waals surface area contributed by atoms with Crippen LogP contribution in [0.5, 0.6) is 5.75 Å². The van der Waals surface area contributed by atoms with E-state index in [1.54, 1.807) is 6.08 Å². The molecule has 33 heteroatoms. The van der Waals surface area contributed by atoms with E-state index < -0.39 is 210 Å². The number of piperidine rings is 1. The van der Waals surface area contributed by atoms with E-state index in [0.717, 1.165) is 36.0 Å². The highest BCUT2D eigenvalue weighted by Crippen LogP contribution is 2.31. The maximum absolute atomic E-state index is 15.4. The van der Waals surface area contributed by atoms with Crippen molar-refractivity contribution in [1.82, 2.24) is 57.7 Å². The lowest BCUT2D eigenvalue weighted by Gasteiger charge is -2.41. The molecule has 16 N–H and O–H groups in total. The van der Waals surface area contributed by atoms with Crippen molar-refractivity contribution in [3.05, 3.63) is 65.4 Å². The first-order valence-corrected chi connectivity index (χ1v) is 33.1. The Morgan fingerprint density at radius 2 is 1.48 bits per heavy atom. The number of halogens is 1. The first-order chi connectivity index (χ1) is 46.3. The number of aliphatic hydroxyl groups is 2. The zero-order chi connectivity index (χ0) is 75.0. The van der Waals surface area contributed by atoms with Crippen LogP contribution in [-0.4, -0.2) is 228 Å². The van der Waals surface area contributed by atoms with Gasteiger partial charge in [-0.05, 0) is 82.9 Å². The van der Waals surface area contributed by atoms with E-state index in [0.29, 0.717) is 5.92 Å². The molecule has 552 valence electrons. The number of hydrogen-bond acceptors (Lipinski definition) is 20. The molecule has 7 unspecified atom stereocenters. The molecular formula is C66H102ClN13O19. The summed E-state index contributed by atoms with van der Waals surface area (Å²) in [7, 11) is 3.53. The third-order valence-electron chi connectivity index (χ3n) is 17.2. The number of allylic oxidation sites excluding steroid dienone is 4. The second-order valence-corrected chi connectivity index (χ2v) is 26.1. The van der Waals surface area contributed by atoms with Gasteiger partial charge < -0.3 is 98.6 Å². The predicted molar refractivity (Wildman–Crippen MR) is 361 cm³/mol. The number of phenols is 1. The summed E-state index contributed by atoms with van der Waals surface area (Å²) in [5.41, 5.74) is 12.7. The quantitative estimate of drug-likeness (QED) is 0.0205. The maximum atomic E-state index is 15.4. The van der Waals surface area contributed by atoms with Gasteiger partial charge in [0, 0.05) is 45.1 Å². The first-order valence-electron chi connectivity index (χ1n) is 32.7. The van der Waals surface area contributed by atoms with E-state index in [1.807, 2.05) is 26.8 Å². The highest BCUT2D eigenvalue weighted by molar-refractivity contribution is 6.21. The van der Waals surface area contributed by atoms with Gasteiger partial charge in [-0.25, -0.2) is 4.79 Å². The number of primary amides is 1. The van der Waals surface area contributed by atoms with Crippen molar-refractivity contribution < 1.29 is 91.9 Å². The molecule has 0 saturated carbocycles. The average Bonchev–Trinajstić information content (AvgIpc) is 0.758. The van der Waals surface area contributed by atoms with E-state index in [-0.39, 0.29) is 30.7 Å². The second kappa shape index (κ2) is 39.9. The molecule has 1 aromatic rings. The molecule has 2 fully saturated rings. The zero-order valence-electron chi connectivity index (χ0n) is 58.8. The van der Waals surface area contributed by atoms with Crippen LogP contribution in [-0.2, 0) is 76.5 Å². The SMILES string of the molecule is C/C=C(/NC(=O)CNC(=O)C(C)C(O)/C=C\C(C)=C\C(C)CC)C(=O)N[C@H](C(=O)N[C@H](C(=O)N[C@H]1C(=O)NC(COC)C(=O)NCC(=O)N[C@@H](C)C(=O)N(C)C([C@@H](C)O)C(=O)N[C@H](C(OC)c2ccc(O)cc2)C(=O)N2CC[C@H](Cl)C[C@H]2C(=O)OC1C(C)C)[C@@H](C)[C@@H](C)C(N)=O)[C@@H](C)N. The van der Waals surface area contributed by atoms with Gasteiger partial charge in [-0.2, -0.15) is 0 Å². The molecule has 3 rings (SSSR count). The first kappa shape index (κ1) is 84.7. The number of alkyl halides is 1. The third kappa shape index (κ3) is 24.7. The summed E-state index contributed by atoms with van der Waals surface area (Å²) >= 11 is 6.76. The number of cyclic esters (lactones) is 1. The molecule has 2 aliphatic heterocycles. The molecule has 2 saturated heterocycles. The lowest BCUT2D eigenvalue weighted by atomic mass is 9.87. The number of benzene rings is 1. The van der Waals surface area contributed by atoms with Crippen LogP contribution >= 0.6 is 11.6 Å². The third-order valence-corrected chi connectivity index (χ3v) is 17.6. The number of aromatic hydroxyl groups is 1. The van der Waals surface area contributed by atoms with Gasteiger partial charge in [0.25, 0.3) is 5.91 Å². The molecule has 1 aromatic carbocycles. The summed E-state index contributed by atoms with van der Waals surface area (Å²) in [6.07, 6.45) is 0.864. The summed E-state index contributed by atoms with van der Waals surface area (Å²) in [6.45, 7) is 15.7. The second-order valence-electron chi connectivity index (χ2n) is 25.4. The molecule has 2 heterocycles. The minimum atomic E-state index is -2.11. The number of nitrogens with zero attached hydrogens (tertiary/aromatic N) is 2. The summed E-state index contributed by atoms with van der Waals surface area (Å²) in [5, 5.41) is 53.2. The molecular weight excluding hydrogens is 1310 g/mol. The Morgan fingerprint density at radius 1 is 0.848 bits per heavy atom. The maximum Gasteiger partial charge on any atom is 0.329 e. The Hall–Kier alpha value is -8.56. The highest BCUT2D eigenvalue weighted by atomic mass is 35.5. The average molecular weight is 1420 g/mol. The van der Waals surface area contributed by atoms with Crippen molar-refractivity contribution in [1.29, 1.82) is 0 Å². The Labute approximate surface area is 582 Å². The standard InChI is InChI=1S/C66H102ClN13O19/c1-16-32(5)26-33(6)18-23-46(83)36(9)57(87)70-29-48(85)73-43(17-2)59(89)76-50(37(10)68)61(91)75-49(34(7)35(8)56(69)86)60(90)77-51-54(31(3)4)99-66(96)45-27-41(67)24-25-80(45)65(95)52(55(98-15)40-19-21-42(82)22-20-40)78-63(93)53(39(12)81)79(13)64(94)38(11)72-47(84)28-71-58(88)44(30-97-14)74-62(51)92/h17-23,26,31-32,34-39,41,44-46,49-55,81-83H,16,24-25,27-30,68H2,1-15H3,(H2,69,86)(H,70,87)(H,71,88)(H,72,84)(H,73,85)(H,74,92)(H,75,91)(H,76,89)(H,77,90)(H,78,93)/b23-18-,33-26+,43-17+/t32?,34-,35+,36?,37+,38-,39+,41-,44?,45-,46?,49-,50-,51+,52+,53?,54?,55?/m0/s1. The molecule has 0 aliphatic carbocycles. The van der Waals surface area contributed by atoms with Gasteiger partial charge >= 0.3 is 5.97 Å². The molecule has 12 amide bonds. The predicted octanol–water partition coefficient (Wildman–Crippen LogP) is -2.05. The normalized spacial score (nSPS) is 24.5. The molecule has 0 radical (unpaired) electrons. The van der Waals surface area contributed by atoms with Gasteiger partial charge in [0.15, 0.2) is 0 Å². The number of phenolic OH excluding ortho intramolecular Hbond substituents is 1. The number of aliphatic hydroxyl groups excluding tert-OH is 2. The number of methoxy groups -OCH3 is 2. The van der Waals surface area contributed by atoms with Crippen molar-refractivity contribution in [2.24, 2.45) is 41.1 Å². The van der Waals surface area contributed by atoms with Gasteiger partial charge in [-0.15, -0.1) is 11.6 Å². The number of rotatable bonds is 26. The minimum Gasteiger partial charge on any atom is -0.508 e. The molecule has 2 aliphatic rings. The van der Waals surface area contributed by atoms with Crippen molar-refractivity contribution >= 4 is 88.5 Å². The summed E-state index contributed by atoms with van der Waals surface area (Å²) < 4.78 is 17.3. The number of amides is 12. The fraction of sp³-hybridized carbons (Fsp3) is 0.621. The smallest absolute Gasteiger partial charge is 0.329 e. The van der Waals surface area contributed by atoms with Crippen LogP contribution in [0.25, 0.3) is 0 Å². The number of carbonyl (C=O) groups excluding carboxylic acids is 13. The number of ether oxygens (including phenoxy) is 3. The lowest BCUT2D eigenvalue weighted by Crippen LogP contribution is -2.66. The van der Waals surface area contributed by atoms with Crippen molar-refractivity contribution in [3.63, 3.8) is 0 Å². The minimum absolute atomic E-state index is 0.0579. The number of fused-ring (bicyclic) bond motifs is 1. The molecule has 0 spiro atoms. The Bertz CT molecular complexity index is 3130. The van der Waals surface area contributed by atoms with Crippen LogP contribution in [0.15, 0.2) is 59.8 Å². The number of nitrogens with two attached hydrogens (primary N) is 2. The largest absolute Gasteiger partial charge is 0.508 e. The van der Waals surface area contributed by atoms with Gasteiger partial charge in [0.1, 0.15) is 72.0 Å². The molecule has 0 aromatic heterocycles. The topological polar surface area (TPSA) is 477 Å². The molecule has 99 heavy (non-hydrogen) atoms. The zero-order valence-corrected chi connectivity index (χ0v) is 59.6. The van der Waals surface area contributed by atoms with Crippen molar-refractivity contribution in [2.75, 3.05) is 47.5 Å². The van der Waals surface area contributed by atoms with E-state index in [9.17, 15) is 58.5 Å². The summed E-state index contributed by atoms with van der Waals surface area (Å²) in [4.78, 5) is 186. The fourth-order valence-electron chi connectivity index (χ4n) is 10.8. The number of carbonyl (C=O) groups is 13. The van der Waals surface area contributed by atoms with Gasteiger partial charge in [0.05, 0.1) is 37.8 Å². The van der Waals surface area contributed by atoms with Crippen molar-refractivity contribution in [3.8, 4) is 5.75 Å². The van der Waals surface area contributed by atoms with E-state index in [1.165, 1.54) is 106 Å². The Morgan fingerprint density at radius 3 is 2.04 bits per heavy atom. The molecule has 32 nitrogen and oxygen atoms in total. The van der Waals surface area contributed by atoms with Gasteiger partial charge in [-0.1, -0.05) is 96.9 Å². The fourth-order valence-corrected chi connectivity index (χ4v) is 11.1. The van der Waals surface area contributed by atoms with Crippen LogP contribution in [0.3, 0.4) is 0 Å². The van der Waals surface area contributed by atoms with E-state index in [4.69, 9.17) is 37.3 Å². The molecule has 0 bridgehead atoms. The van der Waals surface area contributed by atoms with Gasteiger partial charge in [-0.3, -0.25) is 57.5 Å². The van der Waals surface area contributed by atoms with Crippen LogP contribution in [0, 0.1) is 29.6 Å². The monoisotopic (exact) mass is 1420 g/mol. The number of likely N-dealkylation sites (N-methyl/N-ethyl adjacent to an activating group) is 1. The highest BCUT2D eigenvalue weighted by Gasteiger charge is 2.48. The summed E-state index contributed by atoms with van der Waals surface area (Å²) in [6, 6.07) is -10.1. The lowest BCUT2D eigenvalue weighted by molar-refractivity contribution is -0.168. The van der Waals surface area contributed by atoms with Crippen LogP contribution in [0.2, 0.25) is 0 Å².